The first-order valence-electron chi connectivity index (χ1n) is 3.99. The normalized spacial score (nSPS) is 32.0. The number of thioether (sulfide) groups is 1. The lowest BCUT2D eigenvalue weighted by Gasteiger charge is -2.44. The lowest BCUT2D eigenvalue weighted by molar-refractivity contribution is 0.148. The molecule has 2 aliphatic rings. The van der Waals surface area contributed by atoms with Gasteiger partial charge in [0.05, 0.1) is 0 Å². The minimum Gasteiger partial charge on any atom is -0.161 e. The summed E-state index contributed by atoms with van der Waals surface area (Å²) in [6, 6.07) is 0. The fourth-order valence-electron chi connectivity index (χ4n) is 1.98. The molecule has 2 rings (SSSR count). The molecule has 0 atom stereocenters. The summed E-state index contributed by atoms with van der Waals surface area (Å²) in [6.07, 6.45) is 7.63. The van der Waals surface area contributed by atoms with Gasteiger partial charge in [0.15, 0.2) is 0 Å². The second kappa shape index (κ2) is 2.19. The van der Waals surface area contributed by atoms with Crippen molar-refractivity contribution in [2.45, 2.75) is 32.1 Å². The average molecular weight is 142 g/mol. The van der Waals surface area contributed by atoms with E-state index in [4.69, 9.17) is 0 Å². The Morgan fingerprint density at radius 2 is 1.78 bits per heavy atom. The highest BCUT2D eigenvalue weighted by Crippen LogP contribution is 2.49. The summed E-state index contributed by atoms with van der Waals surface area (Å²) < 4.78 is 0. The van der Waals surface area contributed by atoms with Gasteiger partial charge in [0, 0.05) is 0 Å². The molecule has 52 valence electrons. The molecule has 1 aliphatic heterocycles. The van der Waals surface area contributed by atoms with Crippen molar-refractivity contribution in [2.75, 3.05) is 11.5 Å². The van der Waals surface area contributed by atoms with Crippen LogP contribution < -0.4 is 0 Å². The van der Waals surface area contributed by atoms with Crippen molar-refractivity contribution >= 4 is 11.8 Å². The molecule has 0 amide bonds. The molecule has 1 heterocycles. The van der Waals surface area contributed by atoms with Crippen LogP contribution >= 0.6 is 11.8 Å². The smallest absolute Gasteiger partial charge is 0.00108 e. The van der Waals surface area contributed by atoms with Gasteiger partial charge in [-0.15, -0.1) is 0 Å². The van der Waals surface area contributed by atoms with Crippen molar-refractivity contribution in [1.29, 1.82) is 0 Å². The van der Waals surface area contributed by atoms with Crippen molar-refractivity contribution in [3.8, 4) is 0 Å². The summed E-state index contributed by atoms with van der Waals surface area (Å²) >= 11 is 2.18. The summed E-state index contributed by atoms with van der Waals surface area (Å²) in [6.45, 7) is 0. The largest absolute Gasteiger partial charge is 0.161 e. The van der Waals surface area contributed by atoms with Crippen LogP contribution in [0.25, 0.3) is 0 Å². The molecule has 0 bridgehead atoms. The maximum absolute atomic E-state index is 2.18. The zero-order chi connectivity index (χ0) is 6.16. The maximum atomic E-state index is 2.18. The van der Waals surface area contributed by atoms with Crippen LogP contribution in [0.5, 0.6) is 0 Å². The third-order valence-electron chi connectivity index (χ3n) is 2.82. The van der Waals surface area contributed by atoms with E-state index in [1.165, 1.54) is 24.3 Å². The Morgan fingerprint density at radius 1 is 1.00 bits per heavy atom. The second-order valence-electron chi connectivity index (χ2n) is 3.51. The van der Waals surface area contributed by atoms with Crippen LogP contribution in [0.2, 0.25) is 0 Å². The predicted molar refractivity (Wildman–Crippen MR) is 42.8 cm³/mol. The van der Waals surface area contributed by atoms with E-state index in [2.05, 4.69) is 11.8 Å². The van der Waals surface area contributed by atoms with Gasteiger partial charge in [0.2, 0.25) is 0 Å². The number of rotatable bonds is 0. The van der Waals surface area contributed by atoms with Gasteiger partial charge in [0.25, 0.3) is 0 Å². The minimum absolute atomic E-state index is 0.864. The van der Waals surface area contributed by atoms with E-state index >= 15 is 0 Å². The van der Waals surface area contributed by atoms with Crippen LogP contribution in [-0.2, 0) is 0 Å². The van der Waals surface area contributed by atoms with Crippen molar-refractivity contribution < 1.29 is 0 Å². The fourth-order valence-corrected chi connectivity index (χ4v) is 3.34. The summed E-state index contributed by atoms with van der Waals surface area (Å²) in [4.78, 5) is 0. The molecule has 2 fully saturated rings. The van der Waals surface area contributed by atoms with Gasteiger partial charge in [-0.05, 0) is 42.6 Å². The summed E-state index contributed by atoms with van der Waals surface area (Å²) in [5, 5.41) is 0. The zero-order valence-electron chi connectivity index (χ0n) is 5.86. The number of hydrogen-bond acceptors (Lipinski definition) is 1. The lowest BCUT2D eigenvalue weighted by Crippen LogP contribution is -2.34. The highest BCUT2D eigenvalue weighted by atomic mass is 32.2. The van der Waals surface area contributed by atoms with E-state index in [-0.39, 0.29) is 0 Å². The molecule has 0 aromatic heterocycles. The Hall–Kier alpha value is 0.350. The second-order valence-corrected chi connectivity index (χ2v) is 4.61. The highest BCUT2D eigenvalue weighted by molar-refractivity contribution is 7.99. The Morgan fingerprint density at radius 3 is 2.11 bits per heavy atom. The van der Waals surface area contributed by atoms with E-state index < -0.39 is 0 Å². The van der Waals surface area contributed by atoms with Crippen molar-refractivity contribution in [2.24, 2.45) is 5.41 Å². The minimum atomic E-state index is 0.864. The van der Waals surface area contributed by atoms with Crippen molar-refractivity contribution in [3.63, 3.8) is 0 Å². The van der Waals surface area contributed by atoms with Crippen LogP contribution in [-0.4, -0.2) is 11.5 Å². The molecular weight excluding hydrogens is 128 g/mol. The molecule has 1 heteroatoms. The summed E-state index contributed by atoms with van der Waals surface area (Å²) in [5.41, 5.74) is 0.864. The van der Waals surface area contributed by atoms with Crippen LogP contribution in [0.1, 0.15) is 32.1 Å². The molecule has 0 aromatic rings. The molecular formula is C8H14S. The van der Waals surface area contributed by atoms with Gasteiger partial charge < -0.3 is 0 Å². The molecule has 0 radical (unpaired) electrons. The SMILES string of the molecule is C1CSCC2(C1)CCC2. The van der Waals surface area contributed by atoms with E-state index in [0.717, 1.165) is 5.41 Å². The lowest BCUT2D eigenvalue weighted by atomic mass is 9.67. The van der Waals surface area contributed by atoms with E-state index in [1.807, 2.05) is 0 Å². The monoisotopic (exact) mass is 142 g/mol. The Bertz CT molecular complexity index is 97.1. The summed E-state index contributed by atoms with van der Waals surface area (Å²) in [7, 11) is 0. The van der Waals surface area contributed by atoms with Crippen LogP contribution in [0.4, 0.5) is 0 Å². The maximum Gasteiger partial charge on any atom is -0.00108 e. The van der Waals surface area contributed by atoms with Gasteiger partial charge in [-0.3, -0.25) is 0 Å². The average Bonchev–Trinajstić information content (AvgIpc) is 1.87. The molecule has 1 saturated heterocycles. The van der Waals surface area contributed by atoms with Gasteiger partial charge in [0.1, 0.15) is 0 Å². The summed E-state index contributed by atoms with van der Waals surface area (Å²) in [5.74, 6) is 2.91. The molecule has 0 N–H and O–H groups in total. The van der Waals surface area contributed by atoms with E-state index in [1.54, 1.807) is 19.3 Å². The first kappa shape index (κ1) is 6.09. The number of hydrogen-bond donors (Lipinski definition) is 0. The Balaban J connectivity index is 1.93. The predicted octanol–water partition coefficient (Wildman–Crippen LogP) is 2.68. The third kappa shape index (κ3) is 1.000. The van der Waals surface area contributed by atoms with Crippen molar-refractivity contribution in [3.05, 3.63) is 0 Å². The molecule has 0 nitrogen and oxygen atoms in total. The van der Waals surface area contributed by atoms with Crippen LogP contribution in [0, 0.1) is 5.41 Å². The van der Waals surface area contributed by atoms with E-state index in [9.17, 15) is 0 Å². The van der Waals surface area contributed by atoms with Gasteiger partial charge in [-0.1, -0.05) is 6.42 Å². The topological polar surface area (TPSA) is 0 Å². The van der Waals surface area contributed by atoms with Crippen molar-refractivity contribution in [1.82, 2.24) is 0 Å². The molecule has 0 unspecified atom stereocenters. The molecule has 9 heavy (non-hydrogen) atoms. The van der Waals surface area contributed by atoms with Crippen LogP contribution in [0.15, 0.2) is 0 Å². The quantitative estimate of drug-likeness (QED) is 0.501. The Labute approximate surface area is 61.4 Å². The third-order valence-corrected chi connectivity index (χ3v) is 4.21. The first-order chi connectivity index (χ1) is 4.41. The fraction of sp³-hybridized carbons (Fsp3) is 1.00. The van der Waals surface area contributed by atoms with E-state index in [0.29, 0.717) is 0 Å². The molecule has 1 spiro atoms. The van der Waals surface area contributed by atoms with Gasteiger partial charge in [-0.2, -0.15) is 11.8 Å². The highest BCUT2D eigenvalue weighted by Gasteiger charge is 2.37. The van der Waals surface area contributed by atoms with Gasteiger partial charge >= 0.3 is 0 Å². The van der Waals surface area contributed by atoms with Gasteiger partial charge in [-0.25, -0.2) is 0 Å². The standard InChI is InChI=1S/C8H14S/c1-3-8(4-1)5-2-6-9-7-8/h1-7H2. The molecule has 0 aromatic carbocycles. The van der Waals surface area contributed by atoms with Crippen LogP contribution in [0.3, 0.4) is 0 Å². The first-order valence-corrected chi connectivity index (χ1v) is 5.15. The molecule has 1 saturated carbocycles. The zero-order valence-corrected chi connectivity index (χ0v) is 6.67. The Kier molecular flexibility index (Phi) is 1.48. The molecule has 1 aliphatic carbocycles.